The number of hydrogen-bond acceptors (Lipinski definition) is 4. The van der Waals surface area contributed by atoms with Crippen LogP contribution in [0.25, 0.3) is 28.0 Å². The van der Waals surface area contributed by atoms with Crippen LogP contribution in [-0.2, 0) is 9.59 Å². The van der Waals surface area contributed by atoms with Gasteiger partial charge in [-0.05, 0) is 24.3 Å². The standard InChI is InChI=1S/C14H11N.2C3H4O2.Ca/c1-2-15-13-9-5-3-7-11(13)12-8-4-6-10-14(12)15;2*1-2-3(4)5;/h2-10H,1H2;2*2H,1H2,(H,4,5);/q;;;+2/p-2. The molecule has 0 atom stereocenters. The fourth-order valence-electron chi connectivity index (χ4n) is 2.15. The SMILES string of the molecule is C=CC(=O)[O-].C=CC(=O)[O-].C=Cn1c2ccccc2c2ccccc21.[Ca+2]. The van der Waals surface area contributed by atoms with Crippen molar-refractivity contribution < 1.29 is 19.8 Å². The van der Waals surface area contributed by atoms with E-state index in [-0.39, 0.29) is 37.7 Å². The van der Waals surface area contributed by atoms with Gasteiger partial charge in [0.2, 0.25) is 0 Å². The van der Waals surface area contributed by atoms with Crippen LogP contribution in [0.15, 0.2) is 80.4 Å². The van der Waals surface area contributed by atoms with Crippen molar-refractivity contribution in [3.05, 3.63) is 80.4 Å². The van der Waals surface area contributed by atoms with Gasteiger partial charge < -0.3 is 24.4 Å². The molecule has 0 fully saturated rings. The molecule has 0 amide bonds. The van der Waals surface area contributed by atoms with Crippen LogP contribution in [-0.4, -0.2) is 54.2 Å². The van der Waals surface area contributed by atoms with Crippen LogP contribution in [0.4, 0.5) is 0 Å². The van der Waals surface area contributed by atoms with Crippen LogP contribution in [0.1, 0.15) is 0 Å². The van der Waals surface area contributed by atoms with Crippen LogP contribution < -0.4 is 10.2 Å². The summed E-state index contributed by atoms with van der Waals surface area (Å²) in [6.07, 6.45) is 3.31. The summed E-state index contributed by atoms with van der Waals surface area (Å²) in [6, 6.07) is 16.8. The van der Waals surface area contributed by atoms with Crippen LogP contribution in [0.3, 0.4) is 0 Å². The molecule has 0 saturated heterocycles. The van der Waals surface area contributed by atoms with Gasteiger partial charge in [0.25, 0.3) is 0 Å². The molecule has 2 aromatic carbocycles. The van der Waals surface area contributed by atoms with E-state index in [2.05, 4.69) is 72.8 Å². The van der Waals surface area contributed by atoms with Crippen molar-refractivity contribution in [2.75, 3.05) is 0 Å². The summed E-state index contributed by atoms with van der Waals surface area (Å²) in [7, 11) is 0. The smallest absolute Gasteiger partial charge is 0.545 e. The molecule has 0 saturated carbocycles. The molecular formula is C20H17CaNO4. The first-order valence-electron chi connectivity index (χ1n) is 7.23. The summed E-state index contributed by atoms with van der Waals surface area (Å²) < 4.78 is 2.13. The maximum atomic E-state index is 9.14. The van der Waals surface area contributed by atoms with Crippen molar-refractivity contribution in [1.82, 2.24) is 4.57 Å². The summed E-state index contributed by atoms with van der Waals surface area (Å²) >= 11 is 0. The third-order valence-corrected chi connectivity index (χ3v) is 3.13. The second-order valence-electron chi connectivity index (χ2n) is 4.63. The number of aromatic nitrogens is 1. The van der Waals surface area contributed by atoms with Gasteiger partial charge in [-0.25, -0.2) is 0 Å². The molecule has 0 aliphatic heterocycles. The Bertz CT molecular complexity index is 857. The summed E-state index contributed by atoms with van der Waals surface area (Å²) in [6.45, 7) is 9.66. The zero-order chi connectivity index (χ0) is 18.8. The molecule has 5 nitrogen and oxygen atoms in total. The Morgan fingerprint density at radius 3 is 1.35 bits per heavy atom. The van der Waals surface area contributed by atoms with Gasteiger partial charge in [-0.1, -0.05) is 56.1 Å². The Balaban J connectivity index is 0.000000482. The quantitative estimate of drug-likeness (QED) is 0.511. The van der Waals surface area contributed by atoms with Crippen molar-refractivity contribution in [1.29, 1.82) is 0 Å². The molecule has 0 spiro atoms. The number of hydrogen-bond donors (Lipinski definition) is 0. The van der Waals surface area contributed by atoms with E-state index >= 15 is 0 Å². The molecular weight excluding hydrogens is 358 g/mol. The molecule has 0 bridgehead atoms. The maximum Gasteiger partial charge on any atom is 2.00 e. The third-order valence-electron chi connectivity index (χ3n) is 3.13. The molecule has 128 valence electrons. The average Bonchev–Trinajstić information content (AvgIpc) is 2.96. The minimum atomic E-state index is -1.23. The monoisotopic (exact) mass is 375 g/mol. The number of carboxylic acids is 2. The third kappa shape index (κ3) is 6.52. The van der Waals surface area contributed by atoms with E-state index in [9.17, 15) is 0 Å². The first-order chi connectivity index (χ1) is 12.0. The predicted octanol–water partition coefficient (Wildman–Crippen LogP) is 1.36. The van der Waals surface area contributed by atoms with Crippen molar-refractivity contribution >= 4 is 77.7 Å². The fraction of sp³-hybridized carbons (Fsp3) is 0. The van der Waals surface area contributed by atoms with Gasteiger partial charge in [0.15, 0.2) is 0 Å². The van der Waals surface area contributed by atoms with Gasteiger partial charge in [0, 0.05) is 17.0 Å². The van der Waals surface area contributed by atoms with Gasteiger partial charge >= 0.3 is 37.7 Å². The molecule has 3 rings (SSSR count). The number of aliphatic carboxylic acids is 2. The molecule has 0 unspecified atom stereocenters. The van der Waals surface area contributed by atoms with E-state index in [0.29, 0.717) is 0 Å². The molecule has 0 N–H and O–H groups in total. The van der Waals surface area contributed by atoms with Crippen molar-refractivity contribution in [2.45, 2.75) is 0 Å². The summed E-state index contributed by atoms with van der Waals surface area (Å²) in [5.41, 5.74) is 2.43. The van der Waals surface area contributed by atoms with E-state index in [1.807, 2.05) is 6.20 Å². The predicted molar refractivity (Wildman–Crippen MR) is 102 cm³/mol. The molecule has 3 aromatic rings. The molecule has 0 aliphatic carbocycles. The van der Waals surface area contributed by atoms with Gasteiger partial charge in [0.05, 0.1) is 23.0 Å². The second-order valence-corrected chi connectivity index (χ2v) is 4.63. The molecule has 6 heteroatoms. The van der Waals surface area contributed by atoms with Crippen LogP contribution in [0.5, 0.6) is 0 Å². The summed E-state index contributed by atoms with van der Waals surface area (Å²) in [5, 5.41) is 20.8. The molecule has 1 heterocycles. The number of carbonyl (C=O) groups excluding carboxylic acids is 2. The molecule has 0 aliphatic rings. The second kappa shape index (κ2) is 12.1. The Morgan fingerprint density at radius 2 is 1.08 bits per heavy atom. The number of nitrogens with zero attached hydrogens (tertiary/aromatic N) is 1. The zero-order valence-electron chi connectivity index (χ0n) is 14.3. The van der Waals surface area contributed by atoms with Crippen LogP contribution in [0.2, 0.25) is 0 Å². The number of fused-ring (bicyclic) bond motifs is 3. The number of carbonyl (C=O) groups is 2. The van der Waals surface area contributed by atoms with E-state index < -0.39 is 11.9 Å². The molecule has 0 radical (unpaired) electrons. The minimum absolute atomic E-state index is 0. The zero-order valence-corrected chi connectivity index (χ0v) is 16.5. The number of para-hydroxylation sites is 2. The van der Waals surface area contributed by atoms with E-state index in [4.69, 9.17) is 19.8 Å². The first kappa shape index (κ1) is 23.7. The Morgan fingerprint density at radius 1 is 0.769 bits per heavy atom. The van der Waals surface area contributed by atoms with E-state index in [1.54, 1.807) is 0 Å². The largest absolute Gasteiger partial charge is 2.00 e. The van der Waals surface area contributed by atoms with E-state index in [0.717, 1.165) is 12.2 Å². The average molecular weight is 375 g/mol. The number of rotatable bonds is 3. The maximum absolute atomic E-state index is 9.14. The van der Waals surface area contributed by atoms with Crippen LogP contribution in [0, 0.1) is 0 Å². The molecule has 26 heavy (non-hydrogen) atoms. The van der Waals surface area contributed by atoms with Crippen molar-refractivity contribution in [2.24, 2.45) is 0 Å². The van der Waals surface area contributed by atoms with Gasteiger partial charge in [-0.15, -0.1) is 0 Å². The Labute approximate surface area is 181 Å². The first-order valence-corrected chi connectivity index (χ1v) is 7.23. The topological polar surface area (TPSA) is 85.2 Å². The van der Waals surface area contributed by atoms with E-state index in [1.165, 1.54) is 21.8 Å². The van der Waals surface area contributed by atoms with Gasteiger partial charge in [0.1, 0.15) is 0 Å². The van der Waals surface area contributed by atoms with Crippen LogP contribution >= 0.6 is 0 Å². The fourth-order valence-corrected chi connectivity index (χ4v) is 2.15. The number of carboxylic acid groups (broad SMARTS) is 2. The Kier molecular flexibility index (Phi) is 11.0. The normalized spacial score (nSPS) is 8.77. The van der Waals surface area contributed by atoms with Crippen molar-refractivity contribution in [3.63, 3.8) is 0 Å². The van der Waals surface area contributed by atoms with Gasteiger partial charge in [-0.2, -0.15) is 0 Å². The summed E-state index contributed by atoms with van der Waals surface area (Å²) in [5.74, 6) is -2.46. The Hall–Kier alpha value is -2.34. The minimum Gasteiger partial charge on any atom is -0.545 e. The summed E-state index contributed by atoms with van der Waals surface area (Å²) in [4.78, 5) is 18.3. The number of benzene rings is 2. The van der Waals surface area contributed by atoms with Gasteiger partial charge in [-0.3, -0.25) is 0 Å². The molecule has 1 aromatic heterocycles. The van der Waals surface area contributed by atoms with Crippen molar-refractivity contribution in [3.8, 4) is 0 Å².